The van der Waals surface area contributed by atoms with Crippen molar-refractivity contribution in [3.05, 3.63) is 21.9 Å². The molecule has 1 heterocycles. The molecule has 0 bridgehead atoms. The SMILES string of the molecule is CCNC(=NCc1ccc(C)s1)NCCC(=O)N(C)C. The van der Waals surface area contributed by atoms with Crippen LogP contribution in [0, 0.1) is 6.92 Å². The number of rotatable bonds is 6. The normalized spacial score (nSPS) is 11.3. The van der Waals surface area contributed by atoms with E-state index in [1.54, 1.807) is 30.3 Å². The highest BCUT2D eigenvalue weighted by Gasteiger charge is 2.04. The van der Waals surface area contributed by atoms with E-state index < -0.39 is 0 Å². The molecular weight excluding hydrogens is 272 g/mol. The third kappa shape index (κ3) is 6.06. The fraction of sp³-hybridized carbons (Fsp3) is 0.571. The zero-order valence-corrected chi connectivity index (χ0v) is 13.5. The Morgan fingerprint density at radius 2 is 2.10 bits per heavy atom. The van der Waals surface area contributed by atoms with Crippen LogP contribution in [0.4, 0.5) is 0 Å². The van der Waals surface area contributed by atoms with Crippen molar-refractivity contribution in [2.45, 2.75) is 26.8 Å². The van der Waals surface area contributed by atoms with E-state index in [9.17, 15) is 4.79 Å². The average molecular weight is 296 g/mol. The number of nitrogens with zero attached hydrogens (tertiary/aromatic N) is 2. The molecule has 2 N–H and O–H groups in total. The lowest BCUT2D eigenvalue weighted by molar-refractivity contribution is -0.128. The van der Waals surface area contributed by atoms with Gasteiger partial charge in [0.2, 0.25) is 5.91 Å². The number of nitrogens with one attached hydrogen (secondary N) is 2. The first kappa shape index (κ1) is 16.5. The van der Waals surface area contributed by atoms with Gasteiger partial charge in [-0.1, -0.05) is 0 Å². The lowest BCUT2D eigenvalue weighted by Crippen LogP contribution is -2.39. The Bertz CT molecular complexity index is 454. The number of carbonyl (C=O) groups excluding carboxylic acids is 1. The lowest BCUT2D eigenvalue weighted by atomic mass is 10.4. The van der Waals surface area contributed by atoms with E-state index in [0.717, 1.165) is 12.5 Å². The number of aliphatic imine (C=N–C) groups is 1. The fourth-order valence-corrected chi connectivity index (χ4v) is 2.40. The van der Waals surface area contributed by atoms with E-state index in [1.807, 2.05) is 6.92 Å². The van der Waals surface area contributed by atoms with Crippen molar-refractivity contribution in [3.8, 4) is 0 Å². The Hall–Kier alpha value is -1.56. The molecule has 0 aliphatic heterocycles. The summed E-state index contributed by atoms with van der Waals surface area (Å²) >= 11 is 1.76. The molecule has 20 heavy (non-hydrogen) atoms. The van der Waals surface area contributed by atoms with Crippen LogP contribution in [-0.2, 0) is 11.3 Å². The molecule has 0 aliphatic carbocycles. The molecule has 0 spiro atoms. The molecule has 5 nitrogen and oxygen atoms in total. The summed E-state index contributed by atoms with van der Waals surface area (Å²) in [6.45, 7) is 6.17. The number of hydrogen-bond donors (Lipinski definition) is 2. The van der Waals surface area contributed by atoms with Crippen LogP contribution in [0.15, 0.2) is 17.1 Å². The van der Waals surface area contributed by atoms with E-state index in [2.05, 4.69) is 34.7 Å². The highest BCUT2D eigenvalue weighted by molar-refractivity contribution is 7.11. The van der Waals surface area contributed by atoms with Gasteiger partial charge in [-0.3, -0.25) is 4.79 Å². The van der Waals surface area contributed by atoms with Crippen LogP contribution < -0.4 is 10.6 Å². The molecule has 1 aromatic rings. The zero-order chi connectivity index (χ0) is 15.0. The molecule has 0 aliphatic rings. The summed E-state index contributed by atoms with van der Waals surface area (Å²) in [5, 5.41) is 6.36. The van der Waals surface area contributed by atoms with E-state index >= 15 is 0 Å². The van der Waals surface area contributed by atoms with Crippen LogP contribution in [0.25, 0.3) is 0 Å². The van der Waals surface area contributed by atoms with Gasteiger partial charge in [0.1, 0.15) is 0 Å². The Morgan fingerprint density at radius 3 is 2.65 bits per heavy atom. The summed E-state index contributed by atoms with van der Waals surface area (Å²) in [6, 6.07) is 4.20. The summed E-state index contributed by atoms with van der Waals surface area (Å²) in [4.78, 5) is 20.1. The van der Waals surface area contributed by atoms with Gasteiger partial charge in [-0.05, 0) is 26.0 Å². The van der Waals surface area contributed by atoms with Gasteiger partial charge in [0.25, 0.3) is 0 Å². The van der Waals surface area contributed by atoms with Crippen molar-refractivity contribution in [1.29, 1.82) is 0 Å². The standard InChI is InChI=1S/C14H24N4OS/c1-5-15-14(16-9-8-13(19)18(3)4)17-10-12-7-6-11(2)20-12/h6-7H,5,8-10H2,1-4H3,(H2,15,16,17). The fourth-order valence-electron chi connectivity index (χ4n) is 1.58. The first-order valence-corrected chi connectivity index (χ1v) is 7.62. The quantitative estimate of drug-likeness (QED) is 0.619. The molecule has 1 rings (SSSR count). The van der Waals surface area contributed by atoms with E-state index in [-0.39, 0.29) is 5.91 Å². The second kappa shape index (κ2) is 8.58. The van der Waals surface area contributed by atoms with E-state index in [1.165, 1.54) is 9.75 Å². The number of guanidine groups is 1. The molecule has 0 saturated carbocycles. The minimum Gasteiger partial charge on any atom is -0.357 e. The predicted molar refractivity (Wildman–Crippen MR) is 85.2 cm³/mol. The van der Waals surface area contributed by atoms with Gasteiger partial charge in [0.05, 0.1) is 6.54 Å². The Kier molecular flexibility index (Phi) is 7.08. The van der Waals surface area contributed by atoms with Crippen molar-refractivity contribution in [2.24, 2.45) is 4.99 Å². The summed E-state index contributed by atoms with van der Waals surface area (Å²) in [7, 11) is 3.53. The second-order valence-corrected chi connectivity index (χ2v) is 6.04. The summed E-state index contributed by atoms with van der Waals surface area (Å²) in [5.41, 5.74) is 0. The van der Waals surface area contributed by atoms with Crippen molar-refractivity contribution in [3.63, 3.8) is 0 Å². The minimum absolute atomic E-state index is 0.113. The third-order valence-corrected chi connectivity index (χ3v) is 3.65. The molecule has 112 valence electrons. The number of carbonyl (C=O) groups is 1. The maximum atomic E-state index is 11.5. The lowest BCUT2D eigenvalue weighted by Gasteiger charge is -2.13. The van der Waals surface area contributed by atoms with Crippen LogP contribution >= 0.6 is 11.3 Å². The summed E-state index contributed by atoms with van der Waals surface area (Å²) < 4.78 is 0. The van der Waals surface area contributed by atoms with Gasteiger partial charge < -0.3 is 15.5 Å². The van der Waals surface area contributed by atoms with E-state index in [4.69, 9.17) is 0 Å². The van der Waals surface area contributed by atoms with E-state index in [0.29, 0.717) is 19.5 Å². The molecule has 0 unspecified atom stereocenters. The summed E-state index contributed by atoms with van der Waals surface area (Å²) in [5.74, 6) is 0.868. The number of hydrogen-bond acceptors (Lipinski definition) is 3. The average Bonchev–Trinajstić information content (AvgIpc) is 2.81. The van der Waals surface area contributed by atoms with Gasteiger partial charge in [0.15, 0.2) is 5.96 Å². The Balaban J connectivity index is 2.44. The van der Waals surface area contributed by atoms with Gasteiger partial charge in [-0.15, -0.1) is 11.3 Å². The first-order chi connectivity index (χ1) is 9.52. The number of amides is 1. The van der Waals surface area contributed by atoms with Crippen molar-refractivity contribution >= 4 is 23.2 Å². The van der Waals surface area contributed by atoms with Crippen LogP contribution in [0.2, 0.25) is 0 Å². The maximum Gasteiger partial charge on any atom is 0.223 e. The molecule has 1 aromatic heterocycles. The molecule has 0 fully saturated rings. The molecule has 0 radical (unpaired) electrons. The van der Waals surface area contributed by atoms with Gasteiger partial charge >= 0.3 is 0 Å². The third-order valence-electron chi connectivity index (χ3n) is 2.66. The van der Waals surface area contributed by atoms with Gasteiger partial charge in [-0.2, -0.15) is 0 Å². The van der Waals surface area contributed by atoms with Gasteiger partial charge in [0, 0.05) is 43.4 Å². The molecular formula is C14H24N4OS. The van der Waals surface area contributed by atoms with Crippen LogP contribution in [-0.4, -0.2) is 44.0 Å². The van der Waals surface area contributed by atoms with Gasteiger partial charge in [-0.25, -0.2) is 4.99 Å². The summed E-state index contributed by atoms with van der Waals surface area (Å²) in [6.07, 6.45) is 0.468. The van der Waals surface area contributed by atoms with Crippen molar-refractivity contribution < 1.29 is 4.79 Å². The monoisotopic (exact) mass is 296 g/mol. The highest BCUT2D eigenvalue weighted by atomic mass is 32.1. The van der Waals surface area contributed by atoms with Crippen LogP contribution in [0.5, 0.6) is 0 Å². The highest BCUT2D eigenvalue weighted by Crippen LogP contribution is 2.15. The topological polar surface area (TPSA) is 56.7 Å². The maximum absolute atomic E-state index is 11.5. The predicted octanol–water partition coefficient (Wildman–Crippen LogP) is 1.59. The number of aryl methyl sites for hydroxylation is 1. The largest absolute Gasteiger partial charge is 0.357 e. The van der Waals surface area contributed by atoms with Crippen molar-refractivity contribution in [2.75, 3.05) is 27.2 Å². The minimum atomic E-state index is 0.113. The molecule has 1 amide bonds. The molecule has 0 atom stereocenters. The number of thiophene rings is 1. The molecule has 0 aromatic carbocycles. The first-order valence-electron chi connectivity index (χ1n) is 6.80. The molecule has 0 saturated heterocycles. The van der Waals surface area contributed by atoms with Crippen LogP contribution in [0.3, 0.4) is 0 Å². The van der Waals surface area contributed by atoms with Crippen LogP contribution in [0.1, 0.15) is 23.1 Å². The molecule has 6 heteroatoms. The Morgan fingerprint density at radius 1 is 1.35 bits per heavy atom. The second-order valence-electron chi connectivity index (χ2n) is 4.67. The van der Waals surface area contributed by atoms with Crippen molar-refractivity contribution in [1.82, 2.24) is 15.5 Å². The smallest absolute Gasteiger partial charge is 0.223 e. The Labute approximate surface area is 125 Å². The zero-order valence-electron chi connectivity index (χ0n) is 12.7.